The molecule has 5 amide bonds. The van der Waals surface area contributed by atoms with E-state index < -0.39 is 29.7 Å². The predicted molar refractivity (Wildman–Crippen MR) is 221 cm³/mol. The number of nitrogens with one attached hydrogen (secondary N) is 2. The molecular formula is C46H46ClN7O6. The Kier molecular flexibility index (Phi) is 9.76. The molecule has 308 valence electrons. The van der Waals surface area contributed by atoms with Crippen LogP contribution in [0, 0.1) is 39.9 Å². The quantitative estimate of drug-likeness (QED) is 0.238. The highest BCUT2D eigenvalue weighted by Gasteiger charge is 2.67. The molecule has 2 N–H and O–H groups in total. The molecule has 1 unspecified atom stereocenters. The number of ether oxygens (including phenoxy) is 1. The number of hydrogen-bond acceptors (Lipinski definition) is 10. The van der Waals surface area contributed by atoms with Gasteiger partial charge in [-0.1, -0.05) is 45.2 Å². The van der Waals surface area contributed by atoms with Gasteiger partial charge in [-0.3, -0.25) is 34.2 Å². The summed E-state index contributed by atoms with van der Waals surface area (Å²) < 4.78 is 6.46. The molecule has 0 radical (unpaired) electrons. The van der Waals surface area contributed by atoms with Gasteiger partial charge in [0.05, 0.1) is 39.5 Å². The Morgan fingerprint density at radius 2 is 1.58 bits per heavy atom. The first-order valence-electron chi connectivity index (χ1n) is 20.7. The van der Waals surface area contributed by atoms with Crippen LogP contribution in [0.4, 0.5) is 5.69 Å². The highest BCUT2D eigenvalue weighted by atomic mass is 35.5. The first-order valence-corrected chi connectivity index (χ1v) is 21.1. The minimum atomic E-state index is -0.981. The molecule has 6 aliphatic rings. The van der Waals surface area contributed by atoms with Crippen LogP contribution in [0.25, 0.3) is 0 Å². The van der Waals surface area contributed by atoms with Crippen molar-refractivity contribution in [3.05, 3.63) is 87.2 Å². The molecule has 1 atom stereocenters. The molecule has 14 heteroatoms. The third-order valence-corrected chi connectivity index (χ3v) is 13.8. The lowest BCUT2D eigenvalue weighted by atomic mass is 9.49. The molecule has 2 aromatic carbocycles. The Hall–Kier alpha value is -5.76. The molecule has 2 saturated carbocycles. The summed E-state index contributed by atoms with van der Waals surface area (Å²) in [5, 5.41) is 15.7. The van der Waals surface area contributed by atoms with E-state index in [9.17, 15) is 29.2 Å². The number of piperidine rings is 2. The molecule has 1 aromatic heterocycles. The second kappa shape index (κ2) is 14.8. The molecule has 60 heavy (non-hydrogen) atoms. The van der Waals surface area contributed by atoms with Crippen molar-refractivity contribution in [1.29, 1.82) is 5.26 Å². The lowest BCUT2D eigenvalue weighted by Crippen LogP contribution is -2.74. The van der Waals surface area contributed by atoms with Crippen LogP contribution >= 0.6 is 11.6 Å². The Labute approximate surface area is 353 Å². The van der Waals surface area contributed by atoms with Crippen molar-refractivity contribution in [2.75, 3.05) is 18.0 Å². The standard InChI is InChI=1S/C46H46ClN7O6/c1-45(2)43(46(3,4)44(45)60-31-10-6-26(23-48)35(47)22-31)53-24-36-33(40(53)57)11-8-27(50-36)7-5-25-19-29(20-25)49-28-15-17-52(18-16-28)30-9-12-32-34(21-30)42(59)54(41(32)58)37-13-14-38(55)51-39(37)56/h6,8-12,21-22,25,28-29,37,43-44,49H,13-20,24H2,1-4H3,(H,51,55,56)/t25?,29?,37?,43-,44-. The molecule has 13 nitrogen and oxygen atoms in total. The summed E-state index contributed by atoms with van der Waals surface area (Å²) in [4.78, 5) is 74.3. The molecule has 2 saturated heterocycles. The van der Waals surface area contributed by atoms with E-state index in [1.165, 1.54) is 0 Å². The maximum atomic E-state index is 13.8. The number of imide groups is 2. The maximum absolute atomic E-state index is 13.8. The summed E-state index contributed by atoms with van der Waals surface area (Å²) in [5.41, 5.74) is 3.14. The van der Waals surface area contributed by atoms with Crippen molar-refractivity contribution in [3.63, 3.8) is 0 Å². The molecule has 0 spiro atoms. The van der Waals surface area contributed by atoms with Crippen LogP contribution in [0.5, 0.6) is 5.75 Å². The number of amides is 5. The number of carbonyl (C=O) groups excluding carboxylic acids is 5. The zero-order chi connectivity index (χ0) is 42.2. The van der Waals surface area contributed by atoms with Gasteiger partial charge >= 0.3 is 0 Å². The largest absolute Gasteiger partial charge is 0.489 e. The second-order valence-corrected chi connectivity index (χ2v) is 18.6. The first kappa shape index (κ1) is 39.7. The normalized spacial score (nSPS) is 26.6. The van der Waals surface area contributed by atoms with Crippen molar-refractivity contribution in [1.82, 2.24) is 25.4 Å². The smallest absolute Gasteiger partial charge is 0.262 e. The Balaban J connectivity index is 0.754. The molecule has 2 aliphatic carbocycles. The second-order valence-electron chi connectivity index (χ2n) is 18.2. The van der Waals surface area contributed by atoms with E-state index in [4.69, 9.17) is 21.3 Å². The average molecular weight is 828 g/mol. The number of pyridine rings is 1. The number of nitrogens with zero attached hydrogens (tertiary/aromatic N) is 5. The van der Waals surface area contributed by atoms with Gasteiger partial charge in [0.2, 0.25) is 11.8 Å². The summed E-state index contributed by atoms with van der Waals surface area (Å²) in [6.07, 6.45) is 3.80. The highest BCUT2D eigenvalue weighted by molar-refractivity contribution is 6.31. The highest BCUT2D eigenvalue weighted by Crippen LogP contribution is 2.59. The monoisotopic (exact) mass is 827 g/mol. The number of halogens is 1. The molecule has 3 aromatic rings. The van der Waals surface area contributed by atoms with Crippen LogP contribution in [0.3, 0.4) is 0 Å². The predicted octanol–water partition coefficient (Wildman–Crippen LogP) is 5.23. The molecule has 4 fully saturated rings. The van der Waals surface area contributed by atoms with Gasteiger partial charge in [0.25, 0.3) is 17.7 Å². The molecule has 9 rings (SSSR count). The number of rotatable bonds is 7. The van der Waals surface area contributed by atoms with Crippen LogP contribution < -0.4 is 20.3 Å². The zero-order valence-corrected chi connectivity index (χ0v) is 34.8. The van der Waals surface area contributed by atoms with Crippen molar-refractivity contribution in [3.8, 4) is 23.7 Å². The summed E-state index contributed by atoms with van der Waals surface area (Å²) in [7, 11) is 0. The van der Waals surface area contributed by atoms with Gasteiger partial charge in [-0.05, 0) is 80.5 Å². The minimum absolute atomic E-state index is 0.0287. The van der Waals surface area contributed by atoms with Crippen molar-refractivity contribution in [2.45, 2.75) is 103 Å². The number of fused-ring (bicyclic) bond motifs is 2. The van der Waals surface area contributed by atoms with Gasteiger partial charge in [0.1, 0.15) is 29.7 Å². The van der Waals surface area contributed by atoms with Crippen LogP contribution in [0.1, 0.15) is 114 Å². The minimum Gasteiger partial charge on any atom is -0.489 e. The lowest BCUT2D eigenvalue weighted by molar-refractivity contribution is -0.199. The number of anilines is 1. The molecular weight excluding hydrogens is 782 g/mol. The van der Waals surface area contributed by atoms with E-state index >= 15 is 0 Å². The topological polar surface area (TPSA) is 165 Å². The van der Waals surface area contributed by atoms with Gasteiger partial charge in [0, 0.05) is 66.1 Å². The van der Waals surface area contributed by atoms with Gasteiger partial charge in [-0.2, -0.15) is 5.26 Å². The number of carbonyl (C=O) groups is 5. The number of aromatic nitrogens is 1. The molecule has 0 bridgehead atoms. The van der Waals surface area contributed by atoms with Gasteiger partial charge < -0.3 is 19.9 Å². The molecule has 5 heterocycles. The summed E-state index contributed by atoms with van der Waals surface area (Å²) in [5.74, 6) is 5.53. The summed E-state index contributed by atoms with van der Waals surface area (Å²) in [6.45, 7) is 10.5. The summed E-state index contributed by atoms with van der Waals surface area (Å²) >= 11 is 6.28. The fourth-order valence-corrected chi connectivity index (χ4v) is 11.0. The van der Waals surface area contributed by atoms with E-state index in [0.717, 1.165) is 55.1 Å². The van der Waals surface area contributed by atoms with Crippen molar-refractivity contribution >= 4 is 46.8 Å². The zero-order valence-electron chi connectivity index (χ0n) is 34.0. The number of nitriles is 1. The molecule has 4 aliphatic heterocycles. The lowest BCUT2D eigenvalue weighted by Gasteiger charge is -2.65. The average Bonchev–Trinajstić information content (AvgIpc) is 3.64. The SMILES string of the molecule is CC1(C)[C@H](Oc2ccc(C#N)c(Cl)c2)C(C)(C)[C@H]1N1Cc2nc(C#CC3CC(NC4CCN(c5ccc6c(c5)C(=O)N(C5CCC(=O)NC5=O)C6=O)CC4)C3)ccc2C1=O. The van der Waals surface area contributed by atoms with Crippen molar-refractivity contribution in [2.24, 2.45) is 16.7 Å². The van der Waals surface area contributed by atoms with E-state index in [0.29, 0.717) is 51.8 Å². The third kappa shape index (κ3) is 6.68. The Morgan fingerprint density at radius 3 is 2.28 bits per heavy atom. The van der Waals surface area contributed by atoms with E-state index in [1.54, 1.807) is 30.3 Å². The fourth-order valence-electron chi connectivity index (χ4n) is 10.8. The number of hydrogen-bond donors (Lipinski definition) is 2. The van der Waals surface area contributed by atoms with E-state index in [2.05, 4.69) is 61.1 Å². The van der Waals surface area contributed by atoms with Gasteiger partial charge in [-0.25, -0.2) is 4.98 Å². The summed E-state index contributed by atoms with van der Waals surface area (Å²) in [6, 6.07) is 15.8. The fraction of sp³-hybridized carbons (Fsp3) is 0.457. The van der Waals surface area contributed by atoms with Crippen molar-refractivity contribution < 1.29 is 28.7 Å². The third-order valence-electron chi connectivity index (χ3n) is 13.5. The van der Waals surface area contributed by atoms with E-state index in [1.807, 2.05) is 23.1 Å². The van der Waals surface area contributed by atoms with E-state index in [-0.39, 0.29) is 53.2 Å². The van der Waals surface area contributed by atoms with Crippen LogP contribution in [-0.2, 0) is 16.1 Å². The van der Waals surface area contributed by atoms with Gasteiger partial charge in [0.15, 0.2) is 0 Å². The van der Waals surface area contributed by atoms with Gasteiger partial charge in [-0.15, -0.1) is 0 Å². The van der Waals surface area contributed by atoms with Crippen LogP contribution in [0.15, 0.2) is 48.5 Å². The van der Waals surface area contributed by atoms with Crippen LogP contribution in [-0.4, -0.2) is 87.7 Å². The Morgan fingerprint density at radius 1 is 0.867 bits per heavy atom. The number of benzene rings is 2. The maximum Gasteiger partial charge on any atom is 0.262 e. The Bertz CT molecular complexity index is 2450. The first-order chi connectivity index (χ1) is 28.6. The van der Waals surface area contributed by atoms with Crippen LogP contribution in [0.2, 0.25) is 5.02 Å².